The molecule has 2 fully saturated rings. The van der Waals surface area contributed by atoms with Gasteiger partial charge in [-0.05, 0) is 43.7 Å². The van der Waals surface area contributed by atoms with Crippen LogP contribution in [0.25, 0.3) is 11.4 Å². The van der Waals surface area contributed by atoms with Crippen LogP contribution in [0.3, 0.4) is 0 Å². The van der Waals surface area contributed by atoms with Gasteiger partial charge in [-0.2, -0.15) is 4.98 Å². The summed E-state index contributed by atoms with van der Waals surface area (Å²) in [5.41, 5.74) is 0.899. The number of pyridine rings is 1. The molecule has 0 aliphatic carbocycles. The summed E-state index contributed by atoms with van der Waals surface area (Å²) in [6, 6.07) is 4.10. The van der Waals surface area contributed by atoms with Crippen molar-refractivity contribution in [3.63, 3.8) is 0 Å². The molecule has 2 aromatic rings. The minimum absolute atomic E-state index is 0.160. The maximum Gasteiger partial charge on any atom is 0.232 e. The van der Waals surface area contributed by atoms with Crippen molar-refractivity contribution in [1.82, 2.24) is 15.1 Å². The molecule has 0 radical (unpaired) electrons. The second-order valence-electron chi connectivity index (χ2n) is 7.38. The van der Waals surface area contributed by atoms with Crippen molar-refractivity contribution < 1.29 is 9.26 Å². The molecule has 0 saturated carbocycles. The maximum absolute atomic E-state index is 5.83. The molecule has 4 heterocycles. The van der Waals surface area contributed by atoms with Crippen LogP contribution < -0.4 is 4.90 Å². The smallest absolute Gasteiger partial charge is 0.232 e. The second-order valence-corrected chi connectivity index (χ2v) is 7.38. The fourth-order valence-corrected chi connectivity index (χ4v) is 3.86. The van der Waals surface area contributed by atoms with Gasteiger partial charge in [0.1, 0.15) is 5.82 Å². The molecule has 2 aromatic heterocycles. The average molecular weight is 342 g/mol. The minimum Gasteiger partial charge on any atom is -0.377 e. The van der Waals surface area contributed by atoms with Crippen molar-refractivity contribution in [3.05, 3.63) is 24.2 Å². The number of piperidine rings is 1. The molecule has 0 unspecified atom stereocenters. The predicted octanol–water partition coefficient (Wildman–Crippen LogP) is 3.65. The Hall–Kier alpha value is -1.95. The third kappa shape index (κ3) is 3.40. The molecule has 2 aliphatic heterocycles. The van der Waals surface area contributed by atoms with Gasteiger partial charge in [0.25, 0.3) is 0 Å². The van der Waals surface area contributed by atoms with E-state index in [9.17, 15) is 0 Å². The molecular weight excluding hydrogens is 316 g/mol. The molecule has 6 heteroatoms. The van der Waals surface area contributed by atoms with Gasteiger partial charge in [0, 0.05) is 31.5 Å². The first-order chi connectivity index (χ1) is 12.2. The Morgan fingerprint density at radius 2 is 2.00 bits per heavy atom. The van der Waals surface area contributed by atoms with E-state index in [4.69, 9.17) is 9.26 Å². The molecule has 0 amide bonds. The standard InChI is InChI=1S/C19H26N4O2/c1-13(2)17-15(8-11-24-17)19-21-18(22-25-19)14-6-7-16(20-12-14)23-9-4-3-5-10-23/h6-7,12-13,15,17H,3-5,8-11H2,1-2H3/t15-,17-/m1/s1. The summed E-state index contributed by atoms with van der Waals surface area (Å²) in [7, 11) is 0. The SMILES string of the molecule is CC(C)[C@H]1OCC[C@H]1c1nc(-c2ccc(N3CCCCC3)nc2)no1. The topological polar surface area (TPSA) is 64.3 Å². The summed E-state index contributed by atoms with van der Waals surface area (Å²) in [5.74, 6) is 2.97. The summed E-state index contributed by atoms with van der Waals surface area (Å²) in [6.45, 7) is 7.29. The summed E-state index contributed by atoms with van der Waals surface area (Å²) in [4.78, 5) is 11.6. The van der Waals surface area contributed by atoms with Crippen LogP contribution in [-0.4, -0.2) is 40.9 Å². The van der Waals surface area contributed by atoms with Gasteiger partial charge in [0.15, 0.2) is 0 Å². The number of nitrogens with zero attached hydrogens (tertiary/aromatic N) is 4. The minimum atomic E-state index is 0.160. The lowest BCUT2D eigenvalue weighted by molar-refractivity contribution is 0.0627. The van der Waals surface area contributed by atoms with E-state index in [0.717, 1.165) is 37.5 Å². The van der Waals surface area contributed by atoms with Gasteiger partial charge in [-0.3, -0.25) is 0 Å². The molecule has 2 atom stereocenters. The highest BCUT2D eigenvalue weighted by molar-refractivity contribution is 5.56. The normalized spacial score (nSPS) is 24.2. The first-order valence-corrected chi connectivity index (χ1v) is 9.39. The van der Waals surface area contributed by atoms with Crippen molar-refractivity contribution >= 4 is 5.82 Å². The van der Waals surface area contributed by atoms with Crippen LogP contribution in [-0.2, 0) is 4.74 Å². The zero-order valence-corrected chi connectivity index (χ0v) is 15.0. The molecule has 0 N–H and O–H groups in total. The highest BCUT2D eigenvalue weighted by Gasteiger charge is 2.36. The van der Waals surface area contributed by atoms with E-state index < -0.39 is 0 Å². The van der Waals surface area contributed by atoms with Crippen molar-refractivity contribution in [2.45, 2.75) is 51.6 Å². The van der Waals surface area contributed by atoms with Gasteiger partial charge in [-0.25, -0.2) is 4.98 Å². The van der Waals surface area contributed by atoms with Gasteiger partial charge in [-0.15, -0.1) is 0 Å². The Bertz CT molecular complexity index is 692. The number of anilines is 1. The van der Waals surface area contributed by atoms with E-state index in [1.807, 2.05) is 12.3 Å². The Morgan fingerprint density at radius 1 is 1.16 bits per heavy atom. The van der Waals surface area contributed by atoms with E-state index in [-0.39, 0.29) is 12.0 Å². The molecule has 25 heavy (non-hydrogen) atoms. The fraction of sp³-hybridized carbons (Fsp3) is 0.632. The lowest BCUT2D eigenvalue weighted by atomic mass is 9.93. The highest BCUT2D eigenvalue weighted by Crippen LogP contribution is 2.35. The van der Waals surface area contributed by atoms with Crippen LogP contribution in [0.2, 0.25) is 0 Å². The van der Waals surface area contributed by atoms with Crippen LogP contribution in [0.5, 0.6) is 0 Å². The molecular formula is C19H26N4O2. The van der Waals surface area contributed by atoms with Crippen molar-refractivity contribution in [2.24, 2.45) is 5.92 Å². The second kappa shape index (κ2) is 7.12. The Balaban J connectivity index is 1.50. The molecule has 6 nitrogen and oxygen atoms in total. The number of rotatable bonds is 4. The molecule has 2 saturated heterocycles. The zero-order chi connectivity index (χ0) is 17.2. The van der Waals surface area contributed by atoms with Gasteiger partial charge in [-0.1, -0.05) is 19.0 Å². The van der Waals surface area contributed by atoms with Crippen LogP contribution in [0, 0.1) is 5.92 Å². The Labute approximate surface area is 148 Å². The first-order valence-electron chi connectivity index (χ1n) is 9.39. The molecule has 134 valence electrons. The van der Waals surface area contributed by atoms with Crippen molar-refractivity contribution in [2.75, 3.05) is 24.6 Å². The third-order valence-electron chi connectivity index (χ3n) is 5.24. The molecule has 0 spiro atoms. The van der Waals surface area contributed by atoms with Gasteiger partial charge >= 0.3 is 0 Å². The average Bonchev–Trinajstić information content (AvgIpc) is 3.32. The predicted molar refractivity (Wildman–Crippen MR) is 95.5 cm³/mol. The number of hydrogen-bond donors (Lipinski definition) is 0. The van der Waals surface area contributed by atoms with Gasteiger partial charge < -0.3 is 14.2 Å². The summed E-state index contributed by atoms with van der Waals surface area (Å²) < 4.78 is 11.4. The Morgan fingerprint density at radius 3 is 2.72 bits per heavy atom. The monoisotopic (exact) mass is 342 g/mol. The maximum atomic E-state index is 5.83. The largest absolute Gasteiger partial charge is 0.377 e. The number of ether oxygens (including phenoxy) is 1. The van der Waals surface area contributed by atoms with E-state index in [1.54, 1.807) is 0 Å². The lowest BCUT2D eigenvalue weighted by Gasteiger charge is -2.27. The number of aromatic nitrogens is 3. The summed E-state index contributed by atoms with van der Waals surface area (Å²) in [6.07, 6.45) is 6.77. The first kappa shape index (κ1) is 16.5. The summed E-state index contributed by atoms with van der Waals surface area (Å²) in [5, 5.41) is 4.17. The van der Waals surface area contributed by atoms with E-state index in [2.05, 4.69) is 39.9 Å². The lowest BCUT2D eigenvalue weighted by Crippen LogP contribution is -2.29. The van der Waals surface area contributed by atoms with Crippen molar-refractivity contribution in [1.29, 1.82) is 0 Å². The third-order valence-corrected chi connectivity index (χ3v) is 5.24. The van der Waals surface area contributed by atoms with Gasteiger partial charge in [0.05, 0.1) is 12.0 Å². The van der Waals surface area contributed by atoms with Crippen LogP contribution in [0.1, 0.15) is 51.3 Å². The molecule has 4 rings (SSSR count). The molecule has 2 aliphatic rings. The quantitative estimate of drug-likeness (QED) is 0.845. The molecule has 0 aromatic carbocycles. The van der Waals surface area contributed by atoms with E-state index in [1.165, 1.54) is 19.3 Å². The van der Waals surface area contributed by atoms with E-state index in [0.29, 0.717) is 17.6 Å². The Kier molecular flexibility index (Phi) is 4.70. The van der Waals surface area contributed by atoms with Crippen LogP contribution in [0.4, 0.5) is 5.82 Å². The molecule has 0 bridgehead atoms. The number of hydrogen-bond acceptors (Lipinski definition) is 6. The highest BCUT2D eigenvalue weighted by atomic mass is 16.5. The fourth-order valence-electron chi connectivity index (χ4n) is 3.86. The summed E-state index contributed by atoms with van der Waals surface area (Å²) >= 11 is 0. The van der Waals surface area contributed by atoms with E-state index >= 15 is 0 Å². The van der Waals surface area contributed by atoms with Gasteiger partial charge in [0.2, 0.25) is 11.7 Å². The van der Waals surface area contributed by atoms with Crippen LogP contribution >= 0.6 is 0 Å². The zero-order valence-electron chi connectivity index (χ0n) is 15.0. The van der Waals surface area contributed by atoms with Crippen molar-refractivity contribution in [3.8, 4) is 11.4 Å². The van der Waals surface area contributed by atoms with Crippen LogP contribution in [0.15, 0.2) is 22.9 Å².